The number of urea groups is 1. The van der Waals surface area contributed by atoms with Gasteiger partial charge in [0.15, 0.2) is 11.6 Å². The molecule has 37 heavy (non-hydrogen) atoms. The van der Waals surface area contributed by atoms with E-state index in [0.29, 0.717) is 23.8 Å². The third-order valence-corrected chi connectivity index (χ3v) is 7.80. The summed E-state index contributed by atoms with van der Waals surface area (Å²) in [5.41, 5.74) is 1.58. The smallest absolute Gasteiger partial charge is 0.322 e. The SMILES string of the molecule is CC[C@H](C)CN(CC(=O)N1CCc2sccc2[C@H]1COc1ccccc1F)C(=O)Nc1cccc(Cl)c1. The lowest BCUT2D eigenvalue weighted by atomic mass is 10.00. The predicted octanol–water partition coefficient (Wildman–Crippen LogP) is 6.63. The van der Waals surface area contributed by atoms with Crippen molar-refractivity contribution < 1.29 is 18.7 Å². The number of carbonyl (C=O) groups excluding carboxylic acids is 2. The average Bonchev–Trinajstić information content (AvgIpc) is 3.36. The quantitative estimate of drug-likeness (QED) is 0.329. The molecule has 4 rings (SSSR count). The molecule has 0 bridgehead atoms. The van der Waals surface area contributed by atoms with E-state index < -0.39 is 5.82 Å². The van der Waals surface area contributed by atoms with Crippen molar-refractivity contribution >= 4 is 40.6 Å². The highest BCUT2D eigenvalue weighted by Gasteiger charge is 2.34. The third-order valence-electron chi connectivity index (χ3n) is 6.57. The van der Waals surface area contributed by atoms with Gasteiger partial charge in [-0.25, -0.2) is 9.18 Å². The van der Waals surface area contributed by atoms with Crippen LogP contribution in [0, 0.1) is 11.7 Å². The van der Waals surface area contributed by atoms with Crippen LogP contribution >= 0.6 is 22.9 Å². The maximum Gasteiger partial charge on any atom is 0.322 e. The van der Waals surface area contributed by atoms with Crippen molar-refractivity contribution in [1.82, 2.24) is 9.80 Å². The Labute approximate surface area is 226 Å². The average molecular weight is 544 g/mol. The van der Waals surface area contributed by atoms with E-state index >= 15 is 0 Å². The Morgan fingerprint density at radius 2 is 2.05 bits per heavy atom. The van der Waals surface area contributed by atoms with Crippen LogP contribution in [0.1, 0.15) is 36.8 Å². The first kappa shape index (κ1) is 26.9. The molecule has 3 amide bonds. The molecule has 0 unspecified atom stereocenters. The van der Waals surface area contributed by atoms with Crippen LogP contribution in [0.3, 0.4) is 0 Å². The topological polar surface area (TPSA) is 61.9 Å². The van der Waals surface area contributed by atoms with Crippen LogP contribution in [0.2, 0.25) is 5.02 Å². The Morgan fingerprint density at radius 1 is 1.24 bits per heavy atom. The molecule has 6 nitrogen and oxygen atoms in total. The van der Waals surface area contributed by atoms with Crippen LogP contribution in [0.5, 0.6) is 5.75 Å². The fourth-order valence-electron chi connectivity index (χ4n) is 4.35. The standard InChI is InChI=1S/C28H31ClFN3O3S/c1-3-19(2)16-32(28(35)31-21-8-6-7-20(29)15-21)17-27(34)33-13-11-26-22(12-14-37-26)24(33)18-36-25-10-5-4-9-23(25)30/h4-10,12,14-15,19,24H,3,11,13,16-18H2,1-2H3,(H,31,35)/t19-,24+/m0/s1. The van der Waals surface area contributed by atoms with Gasteiger partial charge in [0.2, 0.25) is 5.91 Å². The van der Waals surface area contributed by atoms with Gasteiger partial charge in [-0.2, -0.15) is 0 Å². The Balaban J connectivity index is 1.51. The maximum atomic E-state index is 14.2. The molecule has 196 valence electrons. The minimum absolute atomic E-state index is 0.0770. The molecule has 9 heteroatoms. The summed E-state index contributed by atoms with van der Waals surface area (Å²) in [6, 6.07) is 14.4. The first-order valence-corrected chi connectivity index (χ1v) is 13.7. The summed E-state index contributed by atoms with van der Waals surface area (Å²) in [4.78, 5) is 31.4. The normalized spacial score (nSPS) is 15.6. The van der Waals surface area contributed by atoms with Crippen molar-refractivity contribution in [2.45, 2.75) is 32.7 Å². The second-order valence-corrected chi connectivity index (χ2v) is 10.7. The number of para-hydroxylation sites is 1. The van der Waals surface area contributed by atoms with Gasteiger partial charge in [0, 0.05) is 28.7 Å². The minimum Gasteiger partial charge on any atom is -0.488 e. The summed E-state index contributed by atoms with van der Waals surface area (Å²) >= 11 is 7.72. The molecule has 1 N–H and O–H groups in total. The minimum atomic E-state index is -0.445. The number of halogens is 2. The van der Waals surface area contributed by atoms with E-state index in [4.69, 9.17) is 16.3 Å². The predicted molar refractivity (Wildman–Crippen MR) is 146 cm³/mol. The lowest BCUT2D eigenvalue weighted by Crippen LogP contribution is -2.49. The van der Waals surface area contributed by atoms with Gasteiger partial charge in [0.05, 0.1) is 6.04 Å². The molecule has 3 aromatic rings. The number of thiophene rings is 1. The Morgan fingerprint density at radius 3 is 2.81 bits per heavy atom. The van der Waals surface area contributed by atoms with Gasteiger partial charge in [-0.05, 0) is 59.7 Å². The number of ether oxygens (including phenoxy) is 1. The molecule has 2 heterocycles. The number of anilines is 1. The first-order chi connectivity index (χ1) is 17.9. The van der Waals surface area contributed by atoms with E-state index in [-0.39, 0.29) is 42.8 Å². The highest BCUT2D eigenvalue weighted by molar-refractivity contribution is 7.10. The van der Waals surface area contributed by atoms with Crippen molar-refractivity contribution in [2.24, 2.45) is 5.92 Å². The molecule has 1 aliphatic heterocycles. The molecular formula is C28H31ClFN3O3S. The number of rotatable bonds is 9. The second-order valence-electron chi connectivity index (χ2n) is 9.23. The van der Waals surface area contributed by atoms with Gasteiger partial charge in [0.25, 0.3) is 0 Å². The lowest BCUT2D eigenvalue weighted by molar-refractivity contribution is -0.135. The van der Waals surface area contributed by atoms with Crippen LogP contribution in [0.4, 0.5) is 14.9 Å². The molecule has 0 aliphatic carbocycles. The molecular weight excluding hydrogens is 513 g/mol. The summed E-state index contributed by atoms with van der Waals surface area (Å²) < 4.78 is 20.0. The number of benzene rings is 2. The largest absolute Gasteiger partial charge is 0.488 e. The molecule has 1 aliphatic rings. The van der Waals surface area contributed by atoms with Gasteiger partial charge in [-0.15, -0.1) is 11.3 Å². The number of fused-ring (bicyclic) bond motifs is 1. The number of nitrogens with one attached hydrogen (secondary N) is 1. The Bertz CT molecular complexity index is 1240. The number of hydrogen-bond donors (Lipinski definition) is 1. The molecule has 1 aromatic heterocycles. The van der Waals surface area contributed by atoms with Crippen LogP contribution < -0.4 is 10.1 Å². The molecule has 0 fully saturated rings. The maximum absolute atomic E-state index is 14.2. The summed E-state index contributed by atoms with van der Waals surface area (Å²) in [6.45, 7) is 5.09. The van der Waals surface area contributed by atoms with Gasteiger partial charge in [0.1, 0.15) is 13.2 Å². The number of amides is 3. The van der Waals surface area contributed by atoms with Gasteiger partial charge in [-0.3, -0.25) is 4.79 Å². The van der Waals surface area contributed by atoms with Crippen LogP contribution in [-0.4, -0.2) is 48.0 Å². The molecule has 2 aromatic carbocycles. The summed E-state index contributed by atoms with van der Waals surface area (Å²) in [5.74, 6) is -0.262. The zero-order valence-corrected chi connectivity index (χ0v) is 22.5. The van der Waals surface area contributed by atoms with Gasteiger partial charge >= 0.3 is 6.03 Å². The summed E-state index contributed by atoms with van der Waals surface area (Å²) in [5, 5.41) is 5.38. The van der Waals surface area contributed by atoms with Crippen LogP contribution in [0.25, 0.3) is 0 Å². The zero-order valence-electron chi connectivity index (χ0n) is 21.0. The molecule has 0 saturated carbocycles. The van der Waals surface area contributed by atoms with Crippen molar-refractivity contribution in [3.05, 3.63) is 81.3 Å². The second kappa shape index (κ2) is 12.4. The van der Waals surface area contributed by atoms with Crippen molar-refractivity contribution in [3.63, 3.8) is 0 Å². The molecule has 0 spiro atoms. The molecule has 0 saturated heterocycles. The number of carbonyl (C=O) groups is 2. The lowest BCUT2D eigenvalue weighted by Gasteiger charge is -2.37. The summed E-state index contributed by atoms with van der Waals surface area (Å²) in [6.07, 6.45) is 1.60. The van der Waals surface area contributed by atoms with E-state index in [9.17, 15) is 14.0 Å². The highest BCUT2D eigenvalue weighted by atomic mass is 35.5. The Kier molecular flexibility index (Phi) is 9.05. The van der Waals surface area contributed by atoms with E-state index in [2.05, 4.69) is 12.2 Å². The van der Waals surface area contributed by atoms with E-state index in [1.807, 2.05) is 18.4 Å². The van der Waals surface area contributed by atoms with Crippen LogP contribution in [-0.2, 0) is 11.2 Å². The van der Waals surface area contributed by atoms with E-state index in [1.54, 1.807) is 63.6 Å². The number of nitrogens with zero attached hydrogens (tertiary/aromatic N) is 2. The Hall–Kier alpha value is -3.10. The van der Waals surface area contributed by atoms with Crippen molar-refractivity contribution in [2.75, 3.05) is 31.6 Å². The summed E-state index contributed by atoms with van der Waals surface area (Å²) in [7, 11) is 0. The van der Waals surface area contributed by atoms with Gasteiger partial charge < -0.3 is 19.9 Å². The molecule has 2 atom stereocenters. The monoisotopic (exact) mass is 543 g/mol. The van der Waals surface area contributed by atoms with E-state index in [1.165, 1.54) is 10.9 Å². The van der Waals surface area contributed by atoms with Crippen molar-refractivity contribution in [1.29, 1.82) is 0 Å². The zero-order chi connectivity index (χ0) is 26.4. The van der Waals surface area contributed by atoms with Crippen molar-refractivity contribution in [3.8, 4) is 5.75 Å². The fourth-order valence-corrected chi connectivity index (χ4v) is 5.47. The highest BCUT2D eigenvalue weighted by Crippen LogP contribution is 2.34. The number of hydrogen-bond acceptors (Lipinski definition) is 4. The molecule has 0 radical (unpaired) electrons. The first-order valence-electron chi connectivity index (χ1n) is 12.4. The van der Waals surface area contributed by atoms with Gasteiger partial charge in [-0.1, -0.05) is 50.1 Å². The van der Waals surface area contributed by atoms with E-state index in [0.717, 1.165) is 18.4 Å². The van der Waals surface area contributed by atoms with Crippen LogP contribution in [0.15, 0.2) is 60.0 Å². The third kappa shape index (κ3) is 6.81. The fraction of sp³-hybridized carbons (Fsp3) is 0.357.